The van der Waals surface area contributed by atoms with Gasteiger partial charge in [0.1, 0.15) is 0 Å². The van der Waals surface area contributed by atoms with E-state index >= 15 is 0 Å². The van der Waals surface area contributed by atoms with Crippen molar-refractivity contribution in [2.24, 2.45) is 5.92 Å². The first kappa shape index (κ1) is 32.4. The summed E-state index contributed by atoms with van der Waals surface area (Å²) in [6.45, 7) is 2.27. The van der Waals surface area contributed by atoms with E-state index in [1.54, 1.807) is 24.0 Å². The number of nitrogens with zero attached hydrogens (tertiary/aromatic N) is 2. The van der Waals surface area contributed by atoms with Crippen LogP contribution in [-0.4, -0.2) is 27.8 Å². The monoisotopic (exact) mass is 612 g/mol. The van der Waals surface area contributed by atoms with Crippen molar-refractivity contribution < 1.29 is 14.4 Å². The van der Waals surface area contributed by atoms with Gasteiger partial charge in [-0.3, -0.25) is 24.3 Å². The summed E-state index contributed by atoms with van der Waals surface area (Å²) in [7, 11) is 0. The van der Waals surface area contributed by atoms with Crippen LogP contribution in [0.15, 0.2) is 59.6 Å². The van der Waals surface area contributed by atoms with Crippen LogP contribution in [0.5, 0.6) is 0 Å². The second-order valence-corrected chi connectivity index (χ2v) is 13.9. The molecule has 5 nitrogen and oxygen atoms in total. The number of Topliss-reactive ketones (excluding diaryl/α,β-unsaturated/α-hetero) is 1. The Morgan fingerprint density at radius 1 is 0.773 bits per heavy atom. The predicted octanol–water partition coefficient (Wildman–Crippen LogP) is 9.89. The summed E-state index contributed by atoms with van der Waals surface area (Å²) in [5.41, 5.74) is 3.04. The number of fused-ring (bicyclic) bond motifs is 2. The molecule has 1 aliphatic carbocycles. The van der Waals surface area contributed by atoms with E-state index < -0.39 is 0 Å². The lowest BCUT2D eigenvalue weighted by Gasteiger charge is -2.16. The lowest BCUT2D eigenvalue weighted by molar-refractivity contribution is -0.122. The molecule has 2 atom stereocenters. The van der Waals surface area contributed by atoms with Gasteiger partial charge in [0.05, 0.1) is 16.5 Å². The molecular weight excluding hydrogens is 564 g/mol. The highest BCUT2D eigenvalue weighted by Crippen LogP contribution is 2.39. The zero-order chi connectivity index (χ0) is 30.7. The van der Waals surface area contributed by atoms with Crippen molar-refractivity contribution in [1.29, 1.82) is 0 Å². The van der Waals surface area contributed by atoms with Gasteiger partial charge in [-0.1, -0.05) is 121 Å². The number of pyridine rings is 1. The third-order valence-corrected chi connectivity index (χ3v) is 10.6. The summed E-state index contributed by atoms with van der Waals surface area (Å²) in [5.74, 6) is -0.449. The third kappa shape index (κ3) is 8.18. The standard InChI is InChI=1S/C38H48N2O3S/c1-2-3-4-5-6-7-8-9-10-11-12-13-14-15-18-30-26-35(41)40(38(30)43)31-23-22-29-25-34(37(42)32(29)27-31)44-33-21-16-19-28-20-17-24-39-36(28)33/h16-17,19-24,27,30,34H,2-15,18,25-26H2,1H3/t30-,34+/m1/s1. The van der Waals surface area contributed by atoms with Crippen LogP contribution in [0.2, 0.25) is 0 Å². The third-order valence-electron chi connectivity index (χ3n) is 9.33. The SMILES string of the molecule is CCCCCCCCCCCCCCCC[C@@H]1CC(=O)N(c2ccc3c(c2)C(=O)[C@@H](Sc2cccc4cccnc24)C3)C1=O. The van der Waals surface area contributed by atoms with E-state index in [9.17, 15) is 14.4 Å². The molecule has 0 saturated carbocycles. The first-order valence-electron chi connectivity index (χ1n) is 17.1. The van der Waals surface area contributed by atoms with Crippen LogP contribution in [0.4, 0.5) is 5.69 Å². The Morgan fingerprint density at radius 3 is 2.14 bits per heavy atom. The lowest BCUT2D eigenvalue weighted by Crippen LogP contribution is -2.30. The van der Waals surface area contributed by atoms with Gasteiger partial charge in [-0.05, 0) is 42.7 Å². The van der Waals surface area contributed by atoms with E-state index in [1.165, 1.54) is 81.9 Å². The molecule has 0 spiro atoms. The molecule has 0 unspecified atom stereocenters. The highest BCUT2D eigenvalue weighted by molar-refractivity contribution is 8.01. The number of amides is 2. The summed E-state index contributed by atoms with van der Waals surface area (Å²) in [6, 6.07) is 15.5. The molecule has 44 heavy (non-hydrogen) atoms. The zero-order valence-corrected chi connectivity index (χ0v) is 27.2. The molecule has 6 heteroatoms. The summed E-state index contributed by atoms with van der Waals surface area (Å²) in [5, 5.41) is 0.809. The highest BCUT2D eigenvalue weighted by atomic mass is 32.2. The highest BCUT2D eigenvalue weighted by Gasteiger charge is 2.40. The molecule has 2 aromatic carbocycles. The van der Waals surface area contributed by atoms with Gasteiger partial charge in [0, 0.05) is 34.4 Å². The molecule has 1 fully saturated rings. The van der Waals surface area contributed by atoms with E-state index in [4.69, 9.17) is 0 Å². The molecule has 0 radical (unpaired) electrons. The van der Waals surface area contributed by atoms with Crippen molar-refractivity contribution in [3.05, 3.63) is 65.9 Å². The smallest absolute Gasteiger partial charge is 0.237 e. The molecule has 2 aliphatic rings. The predicted molar refractivity (Wildman–Crippen MR) is 181 cm³/mol. The summed E-state index contributed by atoms with van der Waals surface area (Å²) >= 11 is 1.55. The van der Waals surface area contributed by atoms with Crippen molar-refractivity contribution >= 4 is 45.9 Å². The molecule has 1 saturated heterocycles. The number of hydrogen-bond donors (Lipinski definition) is 0. The fourth-order valence-electron chi connectivity index (χ4n) is 6.77. The number of thioether (sulfide) groups is 1. The molecule has 5 rings (SSSR count). The van der Waals surface area contributed by atoms with Crippen LogP contribution in [0.3, 0.4) is 0 Å². The normalized spacial score (nSPS) is 18.1. The average molecular weight is 613 g/mol. The number of para-hydroxylation sites is 1. The fraction of sp³-hybridized carbons (Fsp3) is 0.526. The topological polar surface area (TPSA) is 67.3 Å². The van der Waals surface area contributed by atoms with Crippen molar-refractivity contribution in [2.75, 3.05) is 4.90 Å². The second-order valence-electron chi connectivity index (χ2n) is 12.7. The Morgan fingerprint density at radius 2 is 1.43 bits per heavy atom. The van der Waals surface area contributed by atoms with Crippen molar-refractivity contribution in [2.45, 2.75) is 126 Å². The van der Waals surface area contributed by atoms with Gasteiger partial charge in [0.25, 0.3) is 0 Å². The van der Waals surface area contributed by atoms with E-state index in [0.717, 1.165) is 40.6 Å². The van der Waals surface area contributed by atoms with Crippen LogP contribution in [0, 0.1) is 5.92 Å². The Labute approximate surface area is 267 Å². The summed E-state index contributed by atoms with van der Waals surface area (Å²) in [6.07, 6.45) is 21.7. The van der Waals surface area contributed by atoms with Crippen molar-refractivity contribution in [3.8, 4) is 0 Å². The molecule has 1 aliphatic heterocycles. The number of ketones is 1. The van der Waals surface area contributed by atoms with Gasteiger partial charge in [-0.15, -0.1) is 11.8 Å². The Bertz CT molecular complexity index is 1430. The number of carbonyl (C=O) groups is 3. The van der Waals surface area contributed by atoms with Gasteiger partial charge >= 0.3 is 0 Å². The molecular formula is C38H48N2O3S. The molecule has 0 N–H and O–H groups in total. The van der Waals surface area contributed by atoms with Gasteiger partial charge in [-0.2, -0.15) is 0 Å². The van der Waals surface area contributed by atoms with Gasteiger partial charge in [0.15, 0.2) is 5.78 Å². The first-order chi connectivity index (χ1) is 21.6. The van der Waals surface area contributed by atoms with Crippen LogP contribution >= 0.6 is 11.8 Å². The number of benzene rings is 2. The summed E-state index contributed by atoms with van der Waals surface area (Å²) < 4.78 is 0. The Kier molecular flexibility index (Phi) is 12.0. The van der Waals surface area contributed by atoms with Crippen molar-refractivity contribution in [1.82, 2.24) is 4.98 Å². The molecule has 234 valence electrons. The number of anilines is 1. The number of unbranched alkanes of at least 4 members (excludes halogenated alkanes) is 13. The Hall–Kier alpha value is -2.99. The lowest BCUT2D eigenvalue weighted by atomic mass is 9.98. The molecule has 0 bridgehead atoms. The van der Waals surface area contributed by atoms with E-state index in [2.05, 4.69) is 11.9 Å². The minimum absolute atomic E-state index is 0.0536. The molecule has 1 aromatic heterocycles. The fourth-order valence-corrected chi connectivity index (χ4v) is 8.02. The Balaban J connectivity index is 1.04. The van der Waals surface area contributed by atoms with Gasteiger partial charge in [0.2, 0.25) is 11.8 Å². The first-order valence-corrected chi connectivity index (χ1v) is 18.0. The second kappa shape index (κ2) is 16.4. The maximum Gasteiger partial charge on any atom is 0.237 e. The summed E-state index contributed by atoms with van der Waals surface area (Å²) in [4.78, 5) is 46.6. The zero-order valence-electron chi connectivity index (χ0n) is 26.4. The number of carbonyl (C=O) groups excluding carboxylic acids is 3. The van der Waals surface area contributed by atoms with E-state index in [1.807, 2.05) is 42.5 Å². The van der Waals surface area contributed by atoms with Crippen LogP contribution in [-0.2, 0) is 16.0 Å². The maximum absolute atomic E-state index is 13.5. The number of aromatic nitrogens is 1. The molecule has 2 heterocycles. The van der Waals surface area contributed by atoms with Gasteiger partial charge < -0.3 is 0 Å². The molecule has 2 amide bonds. The van der Waals surface area contributed by atoms with Crippen LogP contribution in [0.1, 0.15) is 126 Å². The largest absolute Gasteiger partial charge is 0.293 e. The maximum atomic E-state index is 13.5. The minimum Gasteiger partial charge on any atom is -0.293 e. The van der Waals surface area contributed by atoms with E-state index in [-0.39, 0.29) is 35.2 Å². The minimum atomic E-state index is -0.245. The quantitative estimate of drug-likeness (QED) is 0.106. The number of imide groups is 1. The molecule has 3 aromatic rings. The average Bonchev–Trinajstić information content (AvgIpc) is 3.50. The van der Waals surface area contributed by atoms with Crippen LogP contribution in [0.25, 0.3) is 10.9 Å². The van der Waals surface area contributed by atoms with E-state index in [0.29, 0.717) is 17.7 Å². The van der Waals surface area contributed by atoms with Crippen LogP contribution < -0.4 is 4.90 Å². The van der Waals surface area contributed by atoms with Gasteiger partial charge in [-0.25, -0.2) is 0 Å². The van der Waals surface area contributed by atoms with Crippen molar-refractivity contribution in [3.63, 3.8) is 0 Å². The number of hydrogen-bond acceptors (Lipinski definition) is 5. The number of rotatable bonds is 18.